The summed E-state index contributed by atoms with van der Waals surface area (Å²) in [5, 5.41) is 11.8. The minimum atomic E-state index is -4.48. The van der Waals surface area contributed by atoms with Gasteiger partial charge in [-0.15, -0.1) is 0 Å². The molecule has 0 saturated heterocycles. The Morgan fingerprint density at radius 1 is 1.30 bits per heavy atom. The number of alkyl halides is 3. The summed E-state index contributed by atoms with van der Waals surface area (Å²) in [6, 6.07) is 5.20. The Kier molecular flexibility index (Phi) is 5.05. The SMILES string of the molecule is COc1cc(CCO)ccc1Nc1ncc(C(F)(F)F)c(C)n1. The van der Waals surface area contributed by atoms with E-state index in [1.54, 1.807) is 18.2 Å². The minimum absolute atomic E-state index is 0.0111. The molecule has 23 heavy (non-hydrogen) atoms. The molecule has 1 aromatic carbocycles. The van der Waals surface area contributed by atoms with Crippen LogP contribution in [-0.4, -0.2) is 28.8 Å². The normalized spacial score (nSPS) is 11.4. The molecule has 124 valence electrons. The van der Waals surface area contributed by atoms with Crippen molar-refractivity contribution in [2.24, 2.45) is 0 Å². The van der Waals surface area contributed by atoms with Crippen LogP contribution >= 0.6 is 0 Å². The summed E-state index contributed by atoms with van der Waals surface area (Å²) in [4.78, 5) is 7.53. The molecule has 1 heterocycles. The number of aliphatic hydroxyl groups excluding tert-OH is 1. The second-order valence-corrected chi connectivity index (χ2v) is 4.82. The number of ether oxygens (including phenoxy) is 1. The molecular formula is C15H16F3N3O2. The molecule has 0 radical (unpaired) electrons. The largest absolute Gasteiger partial charge is 0.495 e. The highest BCUT2D eigenvalue weighted by molar-refractivity contribution is 5.63. The van der Waals surface area contributed by atoms with Gasteiger partial charge in [0.25, 0.3) is 0 Å². The lowest BCUT2D eigenvalue weighted by atomic mass is 10.1. The minimum Gasteiger partial charge on any atom is -0.495 e. The van der Waals surface area contributed by atoms with Crippen molar-refractivity contribution in [2.75, 3.05) is 19.0 Å². The van der Waals surface area contributed by atoms with Gasteiger partial charge in [0.1, 0.15) is 5.75 Å². The first-order valence-corrected chi connectivity index (χ1v) is 6.80. The molecule has 0 aliphatic rings. The third kappa shape index (κ3) is 4.10. The number of hydrogen-bond acceptors (Lipinski definition) is 5. The van der Waals surface area contributed by atoms with Gasteiger partial charge in [-0.2, -0.15) is 13.2 Å². The second kappa shape index (κ2) is 6.82. The Labute approximate surface area is 131 Å². The van der Waals surface area contributed by atoms with Gasteiger partial charge in [0.15, 0.2) is 0 Å². The van der Waals surface area contributed by atoms with Crippen molar-refractivity contribution in [3.8, 4) is 5.75 Å². The van der Waals surface area contributed by atoms with Crippen LogP contribution in [0.2, 0.25) is 0 Å². The lowest BCUT2D eigenvalue weighted by molar-refractivity contribution is -0.138. The molecule has 2 rings (SSSR count). The van der Waals surface area contributed by atoms with E-state index in [2.05, 4.69) is 15.3 Å². The second-order valence-electron chi connectivity index (χ2n) is 4.82. The van der Waals surface area contributed by atoms with Crippen molar-refractivity contribution < 1.29 is 23.0 Å². The van der Waals surface area contributed by atoms with E-state index in [-0.39, 0.29) is 18.2 Å². The van der Waals surface area contributed by atoms with Crippen LogP contribution in [0.15, 0.2) is 24.4 Å². The quantitative estimate of drug-likeness (QED) is 0.883. The molecule has 5 nitrogen and oxygen atoms in total. The average molecular weight is 327 g/mol. The Balaban J connectivity index is 2.27. The zero-order valence-electron chi connectivity index (χ0n) is 12.6. The van der Waals surface area contributed by atoms with E-state index in [1.807, 2.05) is 0 Å². The first-order chi connectivity index (χ1) is 10.8. The van der Waals surface area contributed by atoms with E-state index in [4.69, 9.17) is 9.84 Å². The Bertz CT molecular complexity index is 690. The number of methoxy groups -OCH3 is 1. The van der Waals surface area contributed by atoms with Crippen LogP contribution in [-0.2, 0) is 12.6 Å². The molecule has 0 spiro atoms. The number of rotatable bonds is 5. The molecule has 1 aromatic heterocycles. The predicted octanol–water partition coefficient (Wildman–Crippen LogP) is 3.09. The van der Waals surface area contributed by atoms with Crippen molar-refractivity contribution in [1.29, 1.82) is 0 Å². The molecular weight excluding hydrogens is 311 g/mol. The summed E-state index contributed by atoms with van der Waals surface area (Å²) in [7, 11) is 1.47. The number of benzene rings is 1. The Morgan fingerprint density at radius 2 is 2.04 bits per heavy atom. The van der Waals surface area contributed by atoms with Crippen molar-refractivity contribution in [3.63, 3.8) is 0 Å². The molecule has 8 heteroatoms. The molecule has 0 amide bonds. The summed E-state index contributed by atoms with van der Waals surface area (Å²) in [5.74, 6) is 0.529. The van der Waals surface area contributed by atoms with Gasteiger partial charge in [0.05, 0.1) is 24.1 Å². The summed E-state index contributed by atoms with van der Waals surface area (Å²) >= 11 is 0. The number of hydrogen-bond donors (Lipinski definition) is 2. The summed E-state index contributed by atoms with van der Waals surface area (Å²) in [6.07, 6.45) is -3.25. The van der Waals surface area contributed by atoms with Crippen LogP contribution in [0.3, 0.4) is 0 Å². The number of nitrogens with zero attached hydrogens (tertiary/aromatic N) is 2. The monoisotopic (exact) mass is 327 g/mol. The number of aliphatic hydroxyl groups is 1. The maximum absolute atomic E-state index is 12.7. The predicted molar refractivity (Wildman–Crippen MR) is 78.8 cm³/mol. The molecule has 0 saturated carbocycles. The lowest BCUT2D eigenvalue weighted by Crippen LogP contribution is -2.11. The highest BCUT2D eigenvalue weighted by atomic mass is 19.4. The fraction of sp³-hybridized carbons (Fsp3) is 0.333. The number of halogens is 3. The molecule has 0 unspecified atom stereocenters. The average Bonchev–Trinajstić information content (AvgIpc) is 2.47. The van der Waals surface area contributed by atoms with Crippen LogP contribution in [0.25, 0.3) is 0 Å². The molecule has 0 bridgehead atoms. The molecule has 0 fully saturated rings. The Hall–Kier alpha value is -2.35. The van der Waals surface area contributed by atoms with Gasteiger partial charge in [0, 0.05) is 12.8 Å². The van der Waals surface area contributed by atoms with Crippen LogP contribution in [0.5, 0.6) is 5.75 Å². The smallest absolute Gasteiger partial charge is 0.419 e. The molecule has 2 N–H and O–H groups in total. The maximum atomic E-state index is 12.7. The fourth-order valence-corrected chi connectivity index (χ4v) is 2.05. The number of anilines is 2. The standard InChI is InChI=1S/C15H16F3N3O2/c1-9-11(15(16,17)18)8-19-14(20-9)21-12-4-3-10(5-6-22)7-13(12)23-2/h3-4,7-8,22H,5-6H2,1-2H3,(H,19,20,21). The third-order valence-corrected chi connectivity index (χ3v) is 3.20. The molecule has 0 atom stereocenters. The van der Waals surface area contributed by atoms with Crippen molar-refractivity contribution in [1.82, 2.24) is 9.97 Å². The van der Waals surface area contributed by atoms with E-state index < -0.39 is 11.7 Å². The lowest BCUT2D eigenvalue weighted by Gasteiger charge is -2.13. The summed E-state index contributed by atoms with van der Waals surface area (Å²) < 4.78 is 43.3. The first-order valence-electron chi connectivity index (χ1n) is 6.80. The number of nitrogens with one attached hydrogen (secondary N) is 1. The van der Waals surface area contributed by atoms with E-state index in [9.17, 15) is 13.2 Å². The highest BCUT2D eigenvalue weighted by Crippen LogP contribution is 2.32. The first kappa shape index (κ1) is 17.0. The maximum Gasteiger partial charge on any atom is 0.419 e. The van der Waals surface area contributed by atoms with Crippen LogP contribution in [0, 0.1) is 6.92 Å². The summed E-state index contributed by atoms with van der Waals surface area (Å²) in [6.45, 7) is 1.29. The fourth-order valence-electron chi connectivity index (χ4n) is 2.05. The van der Waals surface area contributed by atoms with Crippen molar-refractivity contribution in [3.05, 3.63) is 41.2 Å². The van der Waals surface area contributed by atoms with Crippen LogP contribution < -0.4 is 10.1 Å². The summed E-state index contributed by atoms with van der Waals surface area (Å²) in [5.41, 5.74) is 0.368. The zero-order valence-corrected chi connectivity index (χ0v) is 12.6. The highest BCUT2D eigenvalue weighted by Gasteiger charge is 2.33. The van der Waals surface area contributed by atoms with Gasteiger partial charge in [-0.25, -0.2) is 9.97 Å². The zero-order chi connectivity index (χ0) is 17.0. The number of aryl methyl sites for hydroxylation is 1. The van der Waals surface area contributed by atoms with E-state index in [0.29, 0.717) is 17.9 Å². The van der Waals surface area contributed by atoms with Crippen LogP contribution in [0.1, 0.15) is 16.8 Å². The van der Waals surface area contributed by atoms with Gasteiger partial charge in [-0.3, -0.25) is 0 Å². The third-order valence-electron chi connectivity index (χ3n) is 3.20. The van der Waals surface area contributed by atoms with Crippen molar-refractivity contribution in [2.45, 2.75) is 19.5 Å². The number of aromatic nitrogens is 2. The van der Waals surface area contributed by atoms with Crippen molar-refractivity contribution >= 4 is 11.6 Å². The van der Waals surface area contributed by atoms with Gasteiger partial charge in [-0.1, -0.05) is 6.07 Å². The molecule has 0 aliphatic heterocycles. The van der Waals surface area contributed by atoms with Gasteiger partial charge < -0.3 is 15.2 Å². The topological polar surface area (TPSA) is 67.3 Å². The van der Waals surface area contributed by atoms with E-state index in [0.717, 1.165) is 11.8 Å². The van der Waals surface area contributed by atoms with Gasteiger partial charge in [-0.05, 0) is 31.0 Å². The van der Waals surface area contributed by atoms with Gasteiger partial charge in [0.2, 0.25) is 5.95 Å². The van der Waals surface area contributed by atoms with Gasteiger partial charge >= 0.3 is 6.18 Å². The van der Waals surface area contributed by atoms with E-state index >= 15 is 0 Å². The van der Waals surface area contributed by atoms with E-state index in [1.165, 1.54) is 14.0 Å². The van der Waals surface area contributed by atoms with Crippen LogP contribution in [0.4, 0.5) is 24.8 Å². The Morgan fingerprint density at radius 3 is 2.61 bits per heavy atom. The molecule has 0 aliphatic carbocycles. The molecule has 2 aromatic rings.